The molecule has 8 heteroatoms. The Labute approximate surface area is 117 Å². The molecule has 8 nitrogen and oxygen atoms in total. The largest absolute Gasteiger partial charge is 0.473 e. The topological polar surface area (TPSA) is 127 Å². The number of aliphatic hydroxyl groups excluding tert-OH is 1. The molecule has 0 atom stereocenters. The highest BCUT2D eigenvalue weighted by Crippen LogP contribution is 2.08. The van der Waals surface area contributed by atoms with E-state index in [4.69, 9.17) is 24.9 Å². The molecule has 0 aliphatic carbocycles. The van der Waals surface area contributed by atoms with Crippen molar-refractivity contribution in [2.24, 2.45) is 0 Å². The second-order valence-corrected chi connectivity index (χ2v) is 4.58. The van der Waals surface area contributed by atoms with Crippen LogP contribution in [0.4, 0.5) is 0 Å². The van der Waals surface area contributed by atoms with Crippen LogP contribution in [-0.2, 0) is 14.4 Å². The number of amides is 1. The van der Waals surface area contributed by atoms with Gasteiger partial charge in [0.15, 0.2) is 0 Å². The van der Waals surface area contributed by atoms with Gasteiger partial charge in [-0.2, -0.15) is 0 Å². The van der Waals surface area contributed by atoms with Gasteiger partial charge in [-0.1, -0.05) is 0 Å². The highest BCUT2D eigenvalue weighted by molar-refractivity contribution is 6.27. The SMILES string of the molecule is CN1CCC(NC(=O)CCCO)CC1.O=C(O)C(=O)O. The second kappa shape index (κ2) is 10.2. The number of carbonyl (C=O) groups excluding carboxylic acids is 1. The molecular formula is C12H22N2O6. The molecule has 1 amide bonds. The molecule has 0 bridgehead atoms. The Balaban J connectivity index is 0.000000511. The van der Waals surface area contributed by atoms with E-state index in [1.807, 2.05) is 0 Å². The molecule has 0 saturated carbocycles. The molecule has 1 aliphatic rings. The number of carboxylic acids is 2. The predicted molar refractivity (Wildman–Crippen MR) is 70.3 cm³/mol. The molecule has 0 unspecified atom stereocenters. The Morgan fingerprint density at radius 1 is 1.15 bits per heavy atom. The molecule has 0 aromatic rings. The summed E-state index contributed by atoms with van der Waals surface area (Å²) < 4.78 is 0. The van der Waals surface area contributed by atoms with E-state index in [1.54, 1.807) is 0 Å². The van der Waals surface area contributed by atoms with Gasteiger partial charge in [-0.3, -0.25) is 4.79 Å². The molecule has 0 aromatic heterocycles. The lowest BCUT2D eigenvalue weighted by molar-refractivity contribution is -0.159. The van der Waals surface area contributed by atoms with E-state index in [2.05, 4.69) is 17.3 Å². The average Bonchev–Trinajstić information content (AvgIpc) is 2.39. The summed E-state index contributed by atoms with van der Waals surface area (Å²) in [5.41, 5.74) is 0. The standard InChI is InChI=1S/C10H20N2O2.C2H2O4/c1-12-6-4-9(5-7-12)11-10(14)3-2-8-13;3-1(4)2(5)6/h9,13H,2-8H2,1H3,(H,11,14);(H,3,4)(H,5,6). The van der Waals surface area contributed by atoms with Crippen molar-refractivity contribution in [2.75, 3.05) is 26.7 Å². The highest BCUT2D eigenvalue weighted by atomic mass is 16.4. The predicted octanol–water partition coefficient (Wildman–Crippen LogP) is -0.875. The van der Waals surface area contributed by atoms with Gasteiger partial charge in [0.25, 0.3) is 0 Å². The number of rotatable bonds is 4. The first kappa shape index (κ1) is 18.3. The molecule has 116 valence electrons. The third-order valence-electron chi connectivity index (χ3n) is 2.83. The summed E-state index contributed by atoms with van der Waals surface area (Å²) in [6.07, 6.45) is 3.10. The molecule has 1 saturated heterocycles. The van der Waals surface area contributed by atoms with Gasteiger partial charge in [-0.05, 0) is 39.4 Å². The Morgan fingerprint density at radius 3 is 2.05 bits per heavy atom. The van der Waals surface area contributed by atoms with Gasteiger partial charge in [-0.25, -0.2) is 9.59 Å². The van der Waals surface area contributed by atoms with Gasteiger partial charge in [0.05, 0.1) is 0 Å². The lowest BCUT2D eigenvalue weighted by Gasteiger charge is -2.29. The number of aliphatic carboxylic acids is 2. The first-order valence-corrected chi connectivity index (χ1v) is 6.41. The first-order chi connectivity index (χ1) is 9.36. The third kappa shape index (κ3) is 9.29. The van der Waals surface area contributed by atoms with Crippen LogP contribution >= 0.6 is 0 Å². The van der Waals surface area contributed by atoms with Gasteiger partial charge >= 0.3 is 11.9 Å². The van der Waals surface area contributed by atoms with Crippen LogP contribution in [0.25, 0.3) is 0 Å². The molecule has 0 spiro atoms. The fourth-order valence-corrected chi connectivity index (χ4v) is 1.69. The number of carbonyl (C=O) groups is 3. The van der Waals surface area contributed by atoms with Crippen molar-refractivity contribution < 1.29 is 29.7 Å². The van der Waals surface area contributed by atoms with Crippen molar-refractivity contribution in [3.8, 4) is 0 Å². The van der Waals surface area contributed by atoms with E-state index < -0.39 is 11.9 Å². The van der Waals surface area contributed by atoms with Crippen LogP contribution in [0, 0.1) is 0 Å². The zero-order valence-electron chi connectivity index (χ0n) is 11.5. The van der Waals surface area contributed by atoms with Crippen molar-refractivity contribution in [3.05, 3.63) is 0 Å². The minimum absolute atomic E-state index is 0.0774. The van der Waals surface area contributed by atoms with E-state index in [0.29, 0.717) is 18.9 Å². The minimum Gasteiger partial charge on any atom is -0.473 e. The van der Waals surface area contributed by atoms with Crippen molar-refractivity contribution in [1.82, 2.24) is 10.2 Å². The normalized spacial score (nSPS) is 15.9. The molecule has 20 heavy (non-hydrogen) atoms. The number of hydrogen-bond donors (Lipinski definition) is 4. The number of carboxylic acid groups (broad SMARTS) is 2. The van der Waals surface area contributed by atoms with Crippen LogP contribution in [-0.4, -0.2) is 70.9 Å². The minimum atomic E-state index is -1.82. The molecule has 1 fully saturated rings. The third-order valence-corrected chi connectivity index (χ3v) is 2.83. The second-order valence-electron chi connectivity index (χ2n) is 4.58. The quantitative estimate of drug-likeness (QED) is 0.495. The number of nitrogens with zero attached hydrogens (tertiary/aromatic N) is 1. The maximum Gasteiger partial charge on any atom is 0.414 e. The molecule has 4 N–H and O–H groups in total. The molecule has 1 aliphatic heterocycles. The zero-order chi connectivity index (χ0) is 15.5. The van der Waals surface area contributed by atoms with Crippen molar-refractivity contribution in [2.45, 2.75) is 31.7 Å². The lowest BCUT2D eigenvalue weighted by Crippen LogP contribution is -2.43. The van der Waals surface area contributed by atoms with Crippen molar-refractivity contribution in [3.63, 3.8) is 0 Å². The van der Waals surface area contributed by atoms with Crippen LogP contribution in [0.5, 0.6) is 0 Å². The Morgan fingerprint density at radius 2 is 1.65 bits per heavy atom. The van der Waals surface area contributed by atoms with Crippen LogP contribution in [0.2, 0.25) is 0 Å². The monoisotopic (exact) mass is 290 g/mol. The molecule has 1 heterocycles. The van der Waals surface area contributed by atoms with Crippen LogP contribution in [0.1, 0.15) is 25.7 Å². The molecular weight excluding hydrogens is 268 g/mol. The summed E-state index contributed by atoms with van der Waals surface area (Å²) in [5.74, 6) is -3.57. The lowest BCUT2D eigenvalue weighted by atomic mass is 10.1. The van der Waals surface area contributed by atoms with Gasteiger partial charge in [0.1, 0.15) is 0 Å². The zero-order valence-corrected chi connectivity index (χ0v) is 11.5. The number of nitrogens with one attached hydrogen (secondary N) is 1. The number of likely N-dealkylation sites (tertiary alicyclic amines) is 1. The summed E-state index contributed by atoms with van der Waals surface area (Å²) in [4.78, 5) is 31.8. The summed E-state index contributed by atoms with van der Waals surface area (Å²) in [6.45, 7) is 2.22. The van der Waals surface area contributed by atoms with Gasteiger partial charge in [-0.15, -0.1) is 0 Å². The van der Waals surface area contributed by atoms with E-state index in [-0.39, 0.29) is 12.5 Å². The fraction of sp³-hybridized carbons (Fsp3) is 0.750. The fourth-order valence-electron chi connectivity index (χ4n) is 1.69. The van der Waals surface area contributed by atoms with E-state index in [9.17, 15) is 4.79 Å². The van der Waals surface area contributed by atoms with Gasteiger partial charge < -0.3 is 25.5 Å². The summed E-state index contributed by atoms with van der Waals surface area (Å²) in [5, 5.41) is 26.3. The number of piperidine rings is 1. The maximum atomic E-state index is 11.3. The first-order valence-electron chi connectivity index (χ1n) is 6.41. The summed E-state index contributed by atoms with van der Waals surface area (Å²) >= 11 is 0. The average molecular weight is 290 g/mol. The number of hydrogen-bond acceptors (Lipinski definition) is 5. The van der Waals surface area contributed by atoms with E-state index in [1.165, 1.54) is 0 Å². The Hall–Kier alpha value is -1.67. The Bertz CT molecular complexity index is 314. The van der Waals surface area contributed by atoms with Gasteiger partial charge in [0.2, 0.25) is 5.91 Å². The molecule has 1 rings (SSSR count). The molecule has 0 radical (unpaired) electrons. The van der Waals surface area contributed by atoms with Crippen LogP contribution in [0.15, 0.2) is 0 Å². The van der Waals surface area contributed by atoms with Crippen LogP contribution in [0.3, 0.4) is 0 Å². The maximum absolute atomic E-state index is 11.3. The van der Waals surface area contributed by atoms with Gasteiger partial charge in [0, 0.05) is 19.1 Å². The van der Waals surface area contributed by atoms with Crippen LogP contribution < -0.4 is 5.32 Å². The van der Waals surface area contributed by atoms with E-state index >= 15 is 0 Å². The highest BCUT2D eigenvalue weighted by Gasteiger charge is 2.17. The summed E-state index contributed by atoms with van der Waals surface area (Å²) in [7, 11) is 2.10. The Kier molecular flexibility index (Phi) is 9.31. The smallest absolute Gasteiger partial charge is 0.414 e. The molecule has 0 aromatic carbocycles. The number of aliphatic hydroxyl groups is 1. The van der Waals surface area contributed by atoms with E-state index in [0.717, 1.165) is 25.9 Å². The van der Waals surface area contributed by atoms with Crippen molar-refractivity contribution >= 4 is 17.8 Å². The van der Waals surface area contributed by atoms with Crippen molar-refractivity contribution in [1.29, 1.82) is 0 Å². The summed E-state index contributed by atoms with van der Waals surface area (Å²) in [6, 6.07) is 0.345.